The summed E-state index contributed by atoms with van der Waals surface area (Å²) in [5, 5.41) is 0. The lowest BCUT2D eigenvalue weighted by atomic mass is 9.89. The van der Waals surface area contributed by atoms with Gasteiger partial charge in [0.2, 0.25) is 5.91 Å². The third kappa shape index (κ3) is 7.58. The average molecular weight is 686 g/mol. The van der Waals surface area contributed by atoms with Crippen molar-refractivity contribution in [1.29, 1.82) is 0 Å². The van der Waals surface area contributed by atoms with Gasteiger partial charge in [-0.1, -0.05) is 6.08 Å². The van der Waals surface area contributed by atoms with E-state index in [1.807, 2.05) is 32.0 Å². The van der Waals surface area contributed by atoms with Gasteiger partial charge in [-0.3, -0.25) is 19.2 Å². The van der Waals surface area contributed by atoms with Crippen molar-refractivity contribution >= 4 is 28.9 Å². The standard InChI is InChI=1S/C39H51N5O6/c1-26-27(2)38(47)40(3)25-33(26)29-6-7-31(36(21-29)50-5)24-42-18-16-41(17-19-42)23-28-10-13-43(14-11-28)39(48)30-8-9-35(49-4)34(20-30)44-15-12-32(45)22-37(44)46/h6,8-9,20-21,25,28,31H,7,10-19,22-24H2,1-5H3. The Labute approximate surface area is 295 Å². The van der Waals surface area contributed by atoms with Crippen LogP contribution in [-0.4, -0.2) is 110 Å². The lowest BCUT2D eigenvalue weighted by Gasteiger charge is -2.40. The Bertz CT molecular complexity index is 1750. The van der Waals surface area contributed by atoms with Crippen LogP contribution in [-0.2, 0) is 21.4 Å². The van der Waals surface area contributed by atoms with Crippen LogP contribution in [0.3, 0.4) is 0 Å². The Morgan fingerprint density at radius 2 is 1.58 bits per heavy atom. The Morgan fingerprint density at radius 3 is 2.24 bits per heavy atom. The van der Waals surface area contributed by atoms with E-state index in [1.54, 1.807) is 41.9 Å². The number of ether oxygens (including phenoxy) is 2. The van der Waals surface area contributed by atoms with Crippen molar-refractivity contribution in [2.75, 3.05) is 78.0 Å². The van der Waals surface area contributed by atoms with E-state index >= 15 is 0 Å². The van der Waals surface area contributed by atoms with Gasteiger partial charge >= 0.3 is 0 Å². The first-order chi connectivity index (χ1) is 24.1. The molecule has 3 aliphatic heterocycles. The minimum atomic E-state index is -0.258. The van der Waals surface area contributed by atoms with Crippen LogP contribution in [0, 0.1) is 25.7 Å². The number of anilines is 1. The highest BCUT2D eigenvalue weighted by Crippen LogP contribution is 2.34. The normalized spacial score (nSPS) is 21.3. The summed E-state index contributed by atoms with van der Waals surface area (Å²) in [5.74, 6) is 2.03. The van der Waals surface area contributed by atoms with Gasteiger partial charge in [0, 0.05) is 101 Å². The molecule has 268 valence electrons. The molecule has 0 saturated carbocycles. The minimum Gasteiger partial charge on any atom is -0.501 e. The maximum absolute atomic E-state index is 13.5. The molecule has 3 fully saturated rings. The quantitative estimate of drug-likeness (QED) is 0.368. The highest BCUT2D eigenvalue weighted by molar-refractivity contribution is 6.09. The van der Waals surface area contributed by atoms with Crippen LogP contribution in [0.1, 0.15) is 59.2 Å². The van der Waals surface area contributed by atoms with Crippen molar-refractivity contribution in [2.24, 2.45) is 18.9 Å². The summed E-state index contributed by atoms with van der Waals surface area (Å²) in [5.41, 5.74) is 5.15. The second kappa shape index (κ2) is 15.3. The lowest BCUT2D eigenvalue weighted by molar-refractivity contribution is -0.128. The molecule has 2 aromatic rings. The number of hydrogen-bond donors (Lipinski definition) is 0. The number of ketones is 1. The predicted octanol–water partition coefficient (Wildman–Crippen LogP) is 3.81. The van der Waals surface area contributed by atoms with Gasteiger partial charge < -0.3 is 33.6 Å². The zero-order valence-electron chi connectivity index (χ0n) is 30.2. The van der Waals surface area contributed by atoms with E-state index in [-0.39, 0.29) is 29.6 Å². The van der Waals surface area contributed by atoms with Gasteiger partial charge in [0.25, 0.3) is 11.5 Å². The van der Waals surface area contributed by atoms with Gasteiger partial charge in [-0.2, -0.15) is 0 Å². The molecule has 6 rings (SSSR count). The number of aromatic nitrogens is 1. The molecule has 4 heterocycles. The van der Waals surface area contributed by atoms with Crippen molar-refractivity contribution in [3.63, 3.8) is 0 Å². The van der Waals surface area contributed by atoms with E-state index < -0.39 is 0 Å². The number of allylic oxidation sites excluding steroid dienone is 3. The molecule has 11 nitrogen and oxygen atoms in total. The fourth-order valence-corrected chi connectivity index (χ4v) is 7.90. The monoisotopic (exact) mass is 685 g/mol. The van der Waals surface area contributed by atoms with Crippen LogP contribution in [0.15, 0.2) is 47.1 Å². The first-order valence-electron chi connectivity index (χ1n) is 17.9. The average Bonchev–Trinajstić information content (AvgIpc) is 3.13. The number of piperazine rings is 1. The first-order valence-corrected chi connectivity index (χ1v) is 17.9. The van der Waals surface area contributed by atoms with Crippen molar-refractivity contribution in [1.82, 2.24) is 19.3 Å². The number of amides is 2. The van der Waals surface area contributed by atoms with E-state index in [2.05, 4.69) is 22.0 Å². The summed E-state index contributed by atoms with van der Waals surface area (Å²) in [6.45, 7) is 11.8. The number of carbonyl (C=O) groups is 3. The molecule has 0 N–H and O–H groups in total. The summed E-state index contributed by atoms with van der Waals surface area (Å²) in [4.78, 5) is 58.9. The molecule has 1 unspecified atom stereocenters. The summed E-state index contributed by atoms with van der Waals surface area (Å²) < 4.78 is 13.1. The fraction of sp³-hybridized carbons (Fsp3) is 0.538. The number of methoxy groups -OCH3 is 2. The smallest absolute Gasteiger partial charge is 0.253 e. The van der Waals surface area contributed by atoms with Gasteiger partial charge in [0.05, 0.1) is 26.3 Å². The maximum Gasteiger partial charge on any atom is 0.253 e. The first kappa shape index (κ1) is 35.6. The molecule has 0 radical (unpaired) electrons. The summed E-state index contributed by atoms with van der Waals surface area (Å²) in [6.07, 6.45) is 9.41. The summed E-state index contributed by atoms with van der Waals surface area (Å²) in [7, 11) is 5.11. The van der Waals surface area contributed by atoms with E-state index in [0.29, 0.717) is 54.9 Å². The van der Waals surface area contributed by atoms with Crippen LogP contribution >= 0.6 is 0 Å². The highest BCUT2D eigenvalue weighted by atomic mass is 16.5. The number of hydrogen-bond acceptors (Lipinski definition) is 8. The number of nitrogens with zero attached hydrogens (tertiary/aromatic N) is 5. The molecule has 1 atom stereocenters. The molecule has 0 bridgehead atoms. The molecular formula is C39H51N5O6. The van der Waals surface area contributed by atoms with Crippen molar-refractivity contribution in [2.45, 2.75) is 46.0 Å². The number of benzene rings is 1. The predicted molar refractivity (Wildman–Crippen MR) is 193 cm³/mol. The van der Waals surface area contributed by atoms with E-state index in [4.69, 9.17) is 9.47 Å². The third-order valence-electron chi connectivity index (χ3n) is 11.1. The molecule has 11 heteroatoms. The second-order valence-electron chi connectivity index (χ2n) is 14.3. The molecule has 1 aromatic heterocycles. The van der Waals surface area contributed by atoms with Gasteiger partial charge in [0.1, 0.15) is 17.3 Å². The Morgan fingerprint density at radius 1 is 0.880 bits per heavy atom. The Kier molecular flexibility index (Phi) is 10.9. The molecule has 3 saturated heterocycles. The van der Waals surface area contributed by atoms with Gasteiger partial charge in [-0.05, 0) is 74.4 Å². The number of rotatable bonds is 9. The van der Waals surface area contributed by atoms with Gasteiger partial charge in [0.15, 0.2) is 0 Å². The van der Waals surface area contributed by atoms with Crippen LogP contribution in [0.5, 0.6) is 5.75 Å². The van der Waals surface area contributed by atoms with Crippen LogP contribution in [0.4, 0.5) is 5.69 Å². The maximum atomic E-state index is 13.5. The zero-order chi connectivity index (χ0) is 35.5. The molecule has 0 spiro atoms. The zero-order valence-corrected chi connectivity index (χ0v) is 30.2. The van der Waals surface area contributed by atoms with Crippen LogP contribution < -0.4 is 15.2 Å². The van der Waals surface area contributed by atoms with E-state index in [9.17, 15) is 19.2 Å². The molecule has 4 aliphatic rings. The van der Waals surface area contributed by atoms with Crippen molar-refractivity contribution in [3.05, 3.63) is 74.9 Å². The molecule has 1 aliphatic carbocycles. The Balaban J connectivity index is 0.972. The largest absolute Gasteiger partial charge is 0.501 e. The van der Waals surface area contributed by atoms with Crippen molar-refractivity contribution < 1.29 is 23.9 Å². The third-order valence-corrected chi connectivity index (χ3v) is 11.1. The van der Waals surface area contributed by atoms with E-state index in [1.165, 1.54) is 0 Å². The SMILES string of the molecule is COC1=CC(c2cn(C)c(=O)c(C)c2C)=CCC1CN1CCN(CC2CCN(C(=O)c3ccc(OC)c(N4CCC(=O)CC4=O)c3)CC2)CC1. The molecule has 1 aromatic carbocycles. The van der Waals surface area contributed by atoms with Crippen LogP contribution in [0.2, 0.25) is 0 Å². The summed E-state index contributed by atoms with van der Waals surface area (Å²) in [6, 6.07) is 5.24. The number of likely N-dealkylation sites (tertiary alicyclic amines) is 1. The van der Waals surface area contributed by atoms with Gasteiger partial charge in [-0.25, -0.2) is 0 Å². The van der Waals surface area contributed by atoms with Crippen molar-refractivity contribution in [3.8, 4) is 5.75 Å². The fourth-order valence-electron chi connectivity index (χ4n) is 7.90. The van der Waals surface area contributed by atoms with E-state index in [0.717, 1.165) is 86.6 Å². The highest BCUT2D eigenvalue weighted by Gasteiger charge is 2.31. The van der Waals surface area contributed by atoms with Gasteiger partial charge in [-0.15, -0.1) is 0 Å². The summed E-state index contributed by atoms with van der Waals surface area (Å²) >= 11 is 0. The number of piperidine rings is 2. The minimum absolute atomic E-state index is 0.0322. The molecule has 50 heavy (non-hydrogen) atoms. The topological polar surface area (TPSA) is 105 Å². The lowest BCUT2D eigenvalue weighted by Crippen LogP contribution is -2.50. The number of pyridine rings is 1. The molecular weight excluding hydrogens is 634 g/mol. The Hall–Kier alpha value is -4.22. The number of carbonyl (C=O) groups excluding carboxylic acids is 3. The second-order valence-corrected chi connectivity index (χ2v) is 14.3. The molecule has 2 amide bonds. The number of Topliss-reactive ketones (excluding diaryl/α,β-unsaturated/α-hetero) is 1. The number of aryl methyl sites for hydroxylation is 1. The van der Waals surface area contributed by atoms with Crippen LogP contribution in [0.25, 0.3) is 5.57 Å².